The molecular formula is C9H18N2O4S. The predicted octanol–water partition coefficient (Wildman–Crippen LogP) is 0.170. The van der Waals surface area contributed by atoms with Crippen molar-refractivity contribution in [2.24, 2.45) is 0 Å². The van der Waals surface area contributed by atoms with Gasteiger partial charge in [-0.05, 0) is 19.8 Å². The van der Waals surface area contributed by atoms with Crippen LogP contribution < -0.4 is 4.72 Å². The molecule has 1 heterocycles. The van der Waals surface area contributed by atoms with Gasteiger partial charge in [0.25, 0.3) is 10.2 Å². The van der Waals surface area contributed by atoms with Crippen molar-refractivity contribution in [3.8, 4) is 0 Å². The molecule has 1 rings (SSSR count). The first kappa shape index (κ1) is 13.4. The third-order valence-electron chi connectivity index (χ3n) is 2.49. The Bertz CT molecular complexity index is 335. The van der Waals surface area contributed by atoms with E-state index in [9.17, 15) is 13.2 Å². The van der Waals surface area contributed by atoms with Gasteiger partial charge in [0.05, 0.1) is 6.42 Å². The average molecular weight is 250 g/mol. The van der Waals surface area contributed by atoms with Gasteiger partial charge in [-0.15, -0.1) is 0 Å². The second-order valence-electron chi connectivity index (χ2n) is 4.08. The molecule has 0 aromatic carbocycles. The standard InChI is InChI=1S/C9H18N2O4S/c1-8(7-9(12)13)10-16(14,15)11-5-3-2-4-6-11/h8,10H,2-7H2,1H3,(H,12,13). The molecule has 94 valence electrons. The number of nitrogens with zero attached hydrogens (tertiary/aromatic N) is 1. The quantitative estimate of drug-likeness (QED) is 0.728. The van der Waals surface area contributed by atoms with Crippen molar-refractivity contribution in [1.82, 2.24) is 9.03 Å². The lowest BCUT2D eigenvalue weighted by Crippen LogP contribution is -2.46. The third kappa shape index (κ3) is 4.07. The van der Waals surface area contributed by atoms with Crippen LogP contribution in [-0.4, -0.2) is 42.9 Å². The molecular weight excluding hydrogens is 232 g/mol. The first-order valence-electron chi connectivity index (χ1n) is 5.41. The fraction of sp³-hybridized carbons (Fsp3) is 0.889. The molecule has 0 bridgehead atoms. The van der Waals surface area contributed by atoms with E-state index in [1.807, 2.05) is 0 Å². The van der Waals surface area contributed by atoms with E-state index in [-0.39, 0.29) is 6.42 Å². The van der Waals surface area contributed by atoms with E-state index in [1.165, 1.54) is 4.31 Å². The Morgan fingerprint density at radius 2 is 1.94 bits per heavy atom. The summed E-state index contributed by atoms with van der Waals surface area (Å²) in [5, 5.41) is 8.54. The van der Waals surface area contributed by atoms with Gasteiger partial charge in [-0.25, -0.2) is 0 Å². The predicted molar refractivity (Wildman–Crippen MR) is 59.2 cm³/mol. The zero-order valence-corrected chi connectivity index (χ0v) is 10.2. The number of aliphatic carboxylic acids is 1. The minimum atomic E-state index is -3.51. The van der Waals surface area contributed by atoms with Crippen LogP contribution in [-0.2, 0) is 15.0 Å². The molecule has 0 spiro atoms. The van der Waals surface area contributed by atoms with E-state index >= 15 is 0 Å². The number of hydrogen-bond acceptors (Lipinski definition) is 3. The van der Waals surface area contributed by atoms with Crippen LogP contribution in [0.2, 0.25) is 0 Å². The van der Waals surface area contributed by atoms with E-state index in [0.29, 0.717) is 13.1 Å². The monoisotopic (exact) mass is 250 g/mol. The first-order chi connectivity index (χ1) is 7.42. The van der Waals surface area contributed by atoms with E-state index in [2.05, 4.69) is 4.72 Å². The zero-order valence-electron chi connectivity index (χ0n) is 9.35. The highest BCUT2D eigenvalue weighted by atomic mass is 32.2. The third-order valence-corrected chi connectivity index (χ3v) is 4.23. The number of hydrogen-bond donors (Lipinski definition) is 2. The largest absolute Gasteiger partial charge is 0.481 e. The zero-order chi connectivity index (χ0) is 12.2. The Morgan fingerprint density at radius 3 is 2.44 bits per heavy atom. The molecule has 0 amide bonds. The molecule has 1 atom stereocenters. The summed E-state index contributed by atoms with van der Waals surface area (Å²) in [6, 6.07) is -0.579. The highest BCUT2D eigenvalue weighted by molar-refractivity contribution is 7.87. The summed E-state index contributed by atoms with van der Waals surface area (Å²) in [6.07, 6.45) is 2.59. The van der Waals surface area contributed by atoms with Crippen molar-refractivity contribution in [1.29, 1.82) is 0 Å². The second-order valence-corrected chi connectivity index (χ2v) is 5.78. The van der Waals surface area contributed by atoms with Crippen molar-refractivity contribution >= 4 is 16.2 Å². The van der Waals surface area contributed by atoms with Crippen molar-refractivity contribution in [2.75, 3.05) is 13.1 Å². The lowest BCUT2D eigenvalue weighted by molar-refractivity contribution is -0.137. The molecule has 1 unspecified atom stereocenters. The van der Waals surface area contributed by atoms with Crippen molar-refractivity contribution in [3.05, 3.63) is 0 Å². The molecule has 0 aliphatic carbocycles. The molecule has 0 saturated carbocycles. The minimum absolute atomic E-state index is 0.201. The van der Waals surface area contributed by atoms with Gasteiger partial charge in [-0.2, -0.15) is 17.4 Å². The van der Waals surface area contributed by atoms with Crippen molar-refractivity contribution < 1.29 is 18.3 Å². The van der Waals surface area contributed by atoms with E-state index < -0.39 is 22.2 Å². The summed E-state index contributed by atoms with van der Waals surface area (Å²) in [5.74, 6) is -1.01. The number of piperidine rings is 1. The molecule has 1 aliphatic rings. The number of nitrogens with one attached hydrogen (secondary N) is 1. The maximum atomic E-state index is 11.8. The van der Waals surface area contributed by atoms with Gasteiger partial charge in [-0.1, -0.05) is 6.42 Å². The van der Waals surface area contributed by atoms with Crippen LogP contribution in [0.4, 0.5) is 0 Å². The molecule has 7 heteroatoms. The summed E-state index contributed by atoms with van der Waals surface area (Å²) in [4.78, 5) is 10.4. The molecule has 0 aromatic rings. The Labute approximate surface area is 95.8 Å². The van der Waals surface area contributed by atoms with Gasteiger partial charge in [0.15, 0.2) is 0 Å². The number of carbonyl (C=O) groups is 1. The molecule has 1 saturated heterocycles. The van der Waals surface area contributed by atoms with Gasteiger partial charge >= 0.3 is 5.97 Å². The van der Waals surface area contributed by atoms with E-state index in [0.717, 1.165) is 19.3 Å². The minimum Gasteiger partial charge on any atom is -0.481 e. The first-order valence-corrected chi connectivity index (χ1v) is 6.85. The highest BCUT2D eigenvalue weighted by Gasteiger charge is 2.25. The highest BCUT2D eigenvalue weighted by Crippen LogP contribution is 2.12. The number of carboxylic acid groups (broad SMARTS) is 1. The fourth-order valence-corrected chi connectivity index (χ4v) is 3.22. The fourth-order valence-electron chi connectivity index (χ4n) is 1.74. The molecule has 16 heavy (non-hydrogen) atoms. The summed E-state index contributed by atoms with van der Waals surface area (Å²) < 4.78 is 27.4. The Kier molecular flexibility index (Phi) is 4.69. The Hall–Kier alpha value is -0.660. The topological polar surface area (TPSA) is 86.7 Å². The van der Waals surface area contributed by atoms with Crippen LogP contribution in [0.3, 0.4) is 0 Å². The van der Waals surface area contributed by atoms with Crippen LogP contribution in [0, 0.1) is 0 Å². The normalized spacial score (nSPS) is 20.6. The molecule has 2 N–H and O–H groups in total. The van der Waals surface area contributed by atoms with E-state index in [1.54, 1.807) is 6.92 Å². The summed E-state index contributed by atoms with van der Waals surface area (Å²) in [7, 11) is -3.51. The van der Waals surface area contributed by atoms with Gasteiger partial charge < -0.3 is 5.11 Å². The van der Waals surface area contributed by atoms with Gasteiger partial charge in [-0.3, -0.25) is 4.79 Å². The molecule has 6 nitrogen and oxygen atoms in total. The van der Waals surface area contributed by atoms with Crippen LogP contribution in [0.5, 0.6) is 0 Å². The summed E-state index contributed by atoms with van der Waals surface area (Å²) in [5.41, 5.74) is 0. The second kappa shape index (κ2) is 5.60. The molecule has 0 radical (unpaired) electrons. The van der Waals surface area contributed by atoms with Crippen LogP contribution in [0.25, 0.3) is 0 Å². The maximum Gasteiger partial charge on any atom is 0.304 e. The van der Waals surface area contributed by atoms with Crippen LogP contribution >= 0.6 is 0 Å². The van der Waals surface area contributed by atoms with Crippen molar-refractivity contribution in [3.63, 3.8) is 0 Å². The smallest absolute Gasteiger partial charge is 0.304 e. The van der Waals surface area contributed by atoms with Crippen molar-refractivity contribution in [2.45, 2.75) is 38.6 Å². The lowest BCUT2D eigenvalue weighted by atomic mass is 10.2. The number of carboxylic acids is 1. The molecule has 1 aliphatic heterocycles. The molecule has 0 aromatic heterocycles. The van der Waals surface area contributed by atoms with Crippen LogP contribution in [0.15, 0.2) is 0 Å². The average Bonchev–Trinajstić information content (AvgIpc) is 2.16. The Balaban J connectivity index is 2.53. The number of rotatable bonds is 5. The Morgan fingerprint density at radius 1 is 1.38 bits per heavy atom. The SMILES string of the molecule is CC(CC(=O)O)NS(=O)(=O)N1CCCCC1. The van der Waals surface area contributed by atoms with Gasteiger partial charge in [0.2, 0.25) is 0 Å². The van der Waals surface area contributed by atoms with E-state index in [4.69, 9.17) is 5.11 Å². The summed E-state index contributed by atoms with van der Waals surface area (Å²) >= 11 is 0. The van der Waals surface area contributed by atoms with Gasteiger partial charge in [0.1, 0.15) is 0 Å². The molecule has 1 fully saturated rings. The van der Waals surface area contributed by atoms with Crippen LogP contribution in [0.1, 0.15) is 32.6 Å². The maximum absolute atomic E-state index is 11.8. The summed E-state index contributed by atoms with van der Waals surface area (Å²) in [6.45, 7) is 2.60. The van der Waals surface area contributed by atoms with Gasteiger partial charge in [0, 0.05) is 19.1 Å². The lowest BCUT2D eigenvalue weighted by Gasteiger charge is -2.27.